The first-order valence-corrected chi connectivity index (χ1v) is 10.2. The van der Waals surface area contributed by atoms with E-state index in [4.69, 9.17) is 0 Å². The quantitative estimate of drug-likeness (QED) is 0.613. The monoisotopic (exact) mass is 434 g/mol. The number of nitrogens with zero attached hydrogens (tertiary/aromatic N) is 1. The zero-order valence-corrected chi connectivity index (χ0v) is 16.4. The van der Waals surface area contributed by atoms with Crippen molar-refractivity contribution in [2.24, 2.45) is 0 Å². The molecule has 0 aliphatic rings. The normalized spacial score (nSPS) is 11.5. The lowest BCUT2D eigenvalue weighted by Crippen LogP contribution is -2.37. The van der Waals surface area contributed by atoms with Gasteiger partial charge in [-0.05, 0) is 42.0 Å². The molecule has 5 nitrogen and oxygen atoms in total. The van der Waals surface area contributed by atoms with Crippen molar-refractivity contribution in [1.82, 2.24) is 4.31 Å². The van der Waals surface area contributed by atoms with E-state index in [2.05, 4.69) is 5.32 Å². The fourth-order valence-electron chi connectivity index (χ4n) is 2.71. The van der Waals surface area contributed by atoms with Gasteiger partial charge in [0.05, 0.1) is 17.1 Å². The predicted octanol–water partition coefficient (Wildman–Crippen LogP) is 3.93. The first-order valence-electron chi connectivity index (χ1n) is 8.80. The standard InChI is InChI=1S/C21H17F3N2O3S/c22-16-6-9-18(10-7-16)30(28,29)26(13-15-4-2-1-3-5-15)14-21(27)25-20-11-8-17(23)12-19(20)24/h1-12H,13-14H2,(H,25,27). The lowest BCUT2D eigenvalue weighted by molar-refractivity contribution is -0.116. The van der Waals surface area contributed by atoms with Crippen LogP contribution in [0.2, 0.25) is 0 Å². The largest absolute Gasteiger partial charge is 0.322 e. The van der Waals surface area contributed by atoms with Gasteiger partial charge in [-0.25, -0.2) is 21.6 Å². The third-order valence-electron chi connectivity index (χ3n) is 4.18. The Morgan fingerprint density at radius 1 is 0.867 bits per heavy atom. The molecule has 9 heteroatoms. The summed E-state index contributed by atoms with van der Waals surface area (Å²) in [6.45, 7) is -0.773. The lowest BCUT2D eigenvalue weighted by atomic mass is 10.2. The lowest BCUT2D eigenvalue weighted by Gasteiger charge is -2.22. The maximum Gasteiger partial charge on any atom is 0.243 e. The first kappa shape index (κ1) is 21.5. The molecule has 0 radical (unpaired) electrons. The Morgan fingerprint density at radius 2 is 1.50 bits per heavy atom. The fraction of sp³-hybridized carbons (Fsp3) is 0.0952. The molecule has 0 unspecified atom stereocenters. The van der Waals surface area contributed by atoms with Gasteiger partial charge in [-0.1, -0.05) is 30.3 Å². The summed E-state index contributed by atoms with van der Waals surface area (Å²) in [6.07, 6.45) is 0. The highest BCUT2D eigenvalue weighted by molar-refractivity contribution is 7.89. The molecule has 0 spiro atoms. The summed E-state index contributed by atoms with van der Waals surface area (Å²) in [5.41, 5.74) is 0.337. The number of benzene rings is 3. The van der Waals surface area contributed by atoms with Gasteiger partial charge in [-0.15, -0.1) is 0 Å². The molecule has 0 aliphatic heterocycles. The Labute approximate surface area is 171 Å². The van der Waals surface area contributed by atoms with E-state index in [0.29, 0.717) is 11.6 Å². The van der Waals surface area contributed by atoms with Crippen LogP contribution >= 0.6 is 0 Å². The number of rotatable bonds is 7. The number of anilines is 1. The second kappa shape index (κ2) is 9.10. The second-order valence-electron chi connectivity index (χ2n) is 6.38. The Morgan fingerprint density at radius 3 is 2.13 bits per heavy atom. The van der Waals surface area contributed by atoms with Gasteiger partial charge < -0.3 is 5.32 Å². The number of carbonyl (C=O) groups is 1. The van der Waals surface area contributed by atoms with Crippen molar-refractivity contribution in [2.45, 2.75) is 11.4 Å². The molecular weight excluding hydrogens is 417 g/mol. The van der Waals surface area contributed by atoms with Crippen molar-refractivity contribution in [3.8, 4) is 0 Å². The molecule has 0 aliphatic carbocycles. The zero-order chi connectivity index (χ0) is 21.7. The van der Waals surface area contributed by atoms with E-state index in [0.717, 1.165) is 40.7 Å². The van der Waals surface area contributed by atoms with E-state index in [1.165, 1.54) is 0 Å². The molecule has 0 saturated heterocycles. The van der Waals surface area contributed by atoms with Crippen molar-refractivity contribution in [3.05, 3.63) is 95.8 Å². The van der Waals surface area contributed by atoms with Gasteiger partial charge in [0.2, 0.25) is 15.9 Å². The van der Waals surface area contributed by atoms with Gasteiger partial charge >= 0.3 is 0 Å². The van der Waals surface area contributed by atoms with Crippen LogP contribution in [-0.4, -0.2) is 25.2 Å². The number of sulfonamides is 1. The molecule has 3 aromatic rings. The van der Waals surface area contributed by atoms with E-state index < -0.39 is 39.9 Å². The van der Waals surface area contributed by atoms with E-state index in [1.54, 1.807) is 30.3 Å². The zero-order valence-electron chi connectivity index (χ0n) is 15.6. The number of hydrogen-bond acceptors (Lipinski definition) is 3. The van der Waals surface area contributed by atoms with Crippen molar-refractivity contribution >= 4 is 21.6 Å². The van der Waals surface area contributed by atoms with E-state index in [1.807, 2.05) is 0 Å². The van der Waals surface area contributed by atoms with Crippen molar-refractivity contribution < 1.29 is 26.4 Å². The molecule has 0 heterocycles. The Bertz CT molecular complexity index is 1140. The van der Waals surface area contributed by atoms with Crippen LogP contribution in [0.5, 0.6) is 0 Å². The summed E-state index contributed by atoms with van der Waals surface area (Å²) in [5, 5.41) is 2.24. The molecular formula is C21H17F3N2O3S. The Balaban J connectivity index is 1.87. The maximum absolute atomic E-state index is 13.8. The van der Waals surface area contributed by atoms with Crippen LogP contribution in [0.1, 0.15) is 5.56 Å². The second-order valence-corrected chi connectivity index (χ2v) is 8.32. The summed E-state index contributed by atoms with van der Waals surface area (Å²) in [6, 6.07) is 15.4. The summed E-state index contributed by atoms with van der Waals surface area (Å²) < 4.78 is 67.0. The molecule has 0 saturated carbocycles. The van der Waals surface area contributed by atoms with Crippen LogP contribution in [0.25, 0.3) is 0 Å². The molecule has 0 bridgehead atoms. The van der Waals surface area contributed by atoms with Gasteiger partial charge in [0.15, 0.2) is 0 Å². The minimum absolute atomic E-state index is 0.139. The highest BCUT2D eigenvalue weighted by Gasteiger charge is 2.27. The average molecular weight is 434 g/mol. The van der Waals surface area contributed by atoms with Crippen LogP contribution < -0.4 is 5.32 Å². The summed E-state index contributed by atoms with van der Waals surface area (Å²) in [5.74, 6) is -3.22. The summed E-state index contributed by atoms with van der Waals surface area (Å²) in [7, 11) is -4.17. The van der Waals surface area contributed by atoms with E-state index in [-0.39, 0.29) is 17.1 Å². The molecule has 0 aromatic heterocycles. The smallest absolute Gasteiger partial charge is 0.243 e. The molecule has 1 N–H and O–H groups in total. The highest BCUT2D eigenvalue weighted by atomic mass is 32.2. The van der Waals surface area contributed by atoms with Crippen LogP contribution in [-0.2, 0) is 21.4 Å². The maximum atomic E-state index is 13.8. The summed E-state index contributed by atoms with van der Waals surface area (Å²) in [4.78, 5) is 12.3. The number of hydrogen-bond donors (Lipinski definition) is 1. The van der Waals surface area contributed by atoms with E-state index >= 15 is 0 Å². The topological polar surface area (TPSA) is 66.5 Å². The molecule has 156 valence electrons. The highest BCUT2D eigenvalue weighted by Crippen LogP contribution is 2.20. The van der Waals surface area contributed by atoms with E-state index in [9.17, 15) is 26.4 Å². The summed E-state index contributed by atoms with van der Waals surface area (Å²) >= 11 is 0. The van der Waals surface area contributed by atoms with Crippen LogP contribution in [0.4, 0.5) is 18.9 Å². The number of halogens is 3. The first-order chi connectivity index (χ1) is 14.3. The number of amides is 1. The third kappa shape index (κ3) is 5.25. The Hall–Kier alpha value is -3.17. The molecule has 3 aromatic carbocycles. The fourth-order valence-corrected chi connectivity index (χ4v) is 4.09. The van der Waals surface area contributed by atoms with Crippen molar-refractivity contribution in [3.63, 3.8) is 0 Å². The van der Waals surface area contributed by atoms with Gasteiger partial charge in [-0.3, -0.25) is 4.79 Å². The Kier molecular flexibility index (Phi) is 6.53. The predicted molar refractivity (Wildman–Crippen MR) is 105 cm³/mol. The van der Waals surface area contributed by atoms with Crippen molar-refractivity contribution in [2.75, 3.05) is 11.9 Å². The van der Waals surface area contributed by atoms with Crippen LogP contribution in [0.3, 0.4) is 0 Å². The molecule has 1 amide bonds. The molecule has 0 fully saturated rings. The molecule has 30 heavy (non-hydrogen) atoms. The number of carbonyl (C=O) groups excluding carboxylic acids is 1. The minimum Gasteiger partial charge on any atom is -0.322 e. The van der Waals surface area contributed by atoms with Gasteiger partial charge in [0.25, 0.3) is 0 Å². The average Bonchev–Trinajstić information content (AvgIpc) is 2.71. The molecule has 0 atom stereocenters. The van der Waals surface area contributed by atoms with Gasteiger partial charge in [0, 0.05) is 12.6 Å². The SMILES string of the molecule is O=C(CN(Cc1ccccc1)S(=O)(=O)c1ccc(F)cc1)Nc1ccc(F)cc1F. The van der Waals surface area contributed by atoms with Crippen LogP contribution in [0, 0.1) is 17.5 Å². The van der Waals surface area contributed by atoms with Gasteiger partial charge in [0.1, 0.15) is 17.5 Å². The number of nitrogens with one attached hydrogen (secondary N) is 1. The van der Waals surface area contributed by atoms with Gasteiger partial charge in [-0.2, -0.15) is 4.31 Å². The third-order valence-corrected chi connectivity index (χ3v) is 5.98. The molecule has 3 rings (SSSR count). The van der Waals surface area contributed by atoms with Crippen molar-refractivity contribution in [1.29, 1.82) is 0 Å². The minimum atomic E-state index is -4.17. The van der Waals surface area contributed by atoms with Crippen LogP contribution in [0.15, 0.2) is 77.7 Å².